The van der Waals surface area contributed by atoms with Gasteiger partial charge in [-0.3, -0.25) is 14.7 Å². The Hall–Kier alpha value is -2.13. The van der Waals surface area contributed by atoms with E-state index in [1.165, 1.54) is 12.7 Å². The molecule has 0 radical (unpaired) electrons. The molecule has 0 aromatic heterocycles. The summed E-state index contributed by atoms with van der Waals surface area (Å²) in [7, 11) is -3.08. The van der Waals surface area contributed by atoms with Crippen LogP contribution in [0, 0.1) is 10.1 Å². The van der Waals surface area contributed by atoms with E-state index >= 15 is 0 Å². The molecule has 5 nitrogen and oxygen atoms in total. The zero-order chi connectivity index (χ0) is 13.6. The van der Waals surface area contributed by atoms with E-state index in [1.807, 2.05) is 6.07 Å². The zero-order valence-corrected chi connectivity index (χ0v) is 11.0. The second-order valence-electron chi connectivity index (χ2n) is 4.37. The van der Waals surface area contributed by atoms with Crippen LogP contribution in [0.4, 0.5) is 5.69 Å². The molecule has 0 fully saturated rings. The number of nitro benzene ring substituents is 1. The minimum Gasteiger partial charge on any atom is -0.432 e. The molecule has 0 amide bonds. The van der Waals surface area contributed by atoms with Gasteiger partial charge in [0.2, 0.25) is 5.75 Å². The van der Waals surface area contributed by atoms with Crippen LogP contribution >= 0.6 is 7.37 Å². The van der Waals surface area contributed by atoms with Gasteiger partial charge in [-0.1, -0.05) is 30.3 Å². The third-order valence-electron chi connectivity index (χ3n) is 3.09. The van der Waals surface area contributed by atoms with Crippen LogP contribution in [0.2, 0.25) is 0 Å². The minimum atomic E-state index is -3.08. The van der Waals surface area contributed by atoms with Crippen molar-refractivity contribution in [3.63, 3.8) is 0 Å². The number of fused-ring (bicyclic) bond motifs is 3. The Morgan fingerprint density at radius 1 is 1.11 bits per heavy atom. The maximum atomic E-state index is 12.5. The summed E-state index contributed by atoms with van der Waals surface area (Å²) >= 11 is 0. The first-order valence-electron chi connectivity index (χ1n) is 5.65. The number of hydrogen-bond donors (Lipinski definition) is 0. The molecule has 2 aromatic carbocycles. The van der Waals surface area contributed by atoms with E-state index < -0.39 is 12.3 Å². The maximum absolute atomic E-state index is 12.5. The van der Waals surface area contributed by atoms with Gasteiger partial charge in [0, 0.05) is 18.3 Å². The average Bonchev–Trinajstić information content (AvgIpc) is 2.38. The molecule has 1 aliphatic heterocycles. The van der Waals surface area contributed by atoms with Crippen molar-refractivity contribution in [3.05, 3.63) is 52.6 Å². The lowest BCUT2D eigenvalue weighted by atomic mass is 10.0. The number of para-hydroxylation sites is 1. The number of hydrogen-bond acceptors (Lipinski definition) is 4. The molecule has 0 bridgehead atoms. The number of nitro groups is 1. The van der Waals surface area contributed by atoms with Crippen molar-refractivity contribution in [1.29, 1.82) is 0 Å². The van der Waals surface area contributed by atoms with Gasteiger partial charge in [0.15, 0.2) is 0 Å². The molecule has 96 valence electrons. The topological polar surface area (TPSA) is 69.4 Å². The summed E-state index contributed by atoms with van der Waals surface area (Å²) < 4.78 is 18.0. The fraction of sp³-hybridized carbons (Fsp3) is 0.0769. The standard InChI is InChI=1S/C13H10NO4P/c1-19(17)12-8-3-2-5-9(12)10-6-4-7-11(14(15)16)13(10)18-19/h2-8H,1H3. The van der Waals surface area contributed by atoms with Crippen LogP contribution in [0.1, 0.15) is 0 Å². The van der Waals surface area contributed by atoms with Gasteiger partial charge in [-0.15, -0.1) is 0 Å². The van der Waals surface area contributed by atoms with Crippen LogP contribution in [0.15, 0.2) is 42.5 Å². The summed E-state index contributed by atoms with van der Waals surface area (Å²) in [5, 5.41) is 11.6. The molecule has 1 heterocycles. The smallest absolute Gasteiger partial charge is 0.312 e. The quantitative estimate of drug-likeness (QED) is 0.455. The fourth-order valence-electron chi connectivity index (χ4n) is 2.26. The van der Waals surface area contributed by atoms with Gasteiger partial charge >= 0.3 is 5.69 Å². The lowest BCUT2D eigenvalue weighted by Crippen LogP contribution is -2.17. The molecular formula is C13H10NO4P. The Morgan fingerprint density at radius 2 is 1.79 bits per heavy atom. The van der Waals surface area contributed by atoms with Crippen molar-refractivity contribution in [3.8, 4) is 16.9 Å². The Morgan fingerprint density at radius 3 is 2.53 bits per heavy atom. The summed E-state index contributed by atoms with van der Waals surface area (Å²) in [6, 6.07) is 11.8. The summed E-state index contributed by atoms with van der Waals surface area (Å²) in [6.45, 7) is 1.48. The molecule has 0 saturated heterocycles. The van der Waals surface area contributed by atoms with Gasteiger partial charge in [-0.25, -0.2) is 0 Å². The van der Waals surface area contributed by atoms with Crippen LogP contribution in [0.5, 0.6) is 5.75 Å². The third-order valence-corrected chi connectivity index (χ3v) is 4.88. The van der Waals surface area contributed by atoms with Crippen LogP contribution < -0.4 is 9.83 Å². The molecule has 0 saturated carbocycles. The van der Waals surface area contributed by atoms with Crippen molar-refractivity contribution < 1.29 is 14.0 Å². The van der Waals surface area contributed by atoms with E-state index in [1.54, 1.807) is 30.3 Å². The van der Waals surface area contributed by atoms with Crippen LogP contribution in [-0.2, 0) is 4.57 Å². The molecular weight excluding hydrogens is 265 g/mol. The highest BCUT2D eigenvalue weighted by Crippen LogP contribution is 2.54. The van der Waals surface area contributed by atoms with Gasteiger partial charge in [0.1, 0.15) is 0 Å². The lowest BCUT2D eigenvalue weighted by molar-refractivity contribution is -0.385. The average molecular weight is 275 g/mol. The van der Waals surface area contributed by atoms with E-state index in [2.05, 4.69) is 0 Å². The van der Waals surface area contributed by atoms with Crippen LogP contribution in [-0.4, -0.2) is 11.6 Å². The molecule has 0 aliphatic carbocycles. The SMILES string of the molecule is CP1(=O)Oc2c(cccc2[N+](=O)[O-])-c2ccccc21. The highest BCUT2D eigenvalue weighted by molar-refractivity contribution is 7.67. The Labute approximate surface area is 109 Å². The monoisotopic (exact) mass is 275 g/mol. The predicted octanol–water partition coefficient (Wildman–Crippen LogP) is 3.19. The van der Waals surface area contributed by atoms with Gasteiger partial charge in [-0.05, 0) is 11.6 Å². The minimum absolute atomic E-state index is 0.0945. The van der Waals surface area contributed by atoms with E-state index in [0.717, 1.165) is 5.56 Å². The first-order valence-corrected chi connectivity index (χ1v) is 7.72. The second-order valence-corrected chi connectivity index (χ2v) is 6.72. The van der Waals surface area contributed by atoms with E-state index in [0.29, 0.717) is 10.9 Å². The summed E-state index contributed by atoms with van der Waals surface area (Å²) in [4.78, 5) is 10.5. The predicted molar refractivity (Wildman–Crippen MR) is 72.3 cm³/mol. The van der Waals surface area contributed by atoms with Crippen LogP contribution in [0.25, 0.3) is 11.1 Å². The van der Waals surface area contributed by atoms with E-state index in [-0.39, 0.29) is 11.4 Å². The van der Waals surface area contributed by atoms with Crippen LogP contribution in [0.3, 0.4) is 0 Å². The highest BCUT2D eigenvalue weighted by atomic mass is 31.2. The van der Waals surface area contributed by atoms with Gasteiger partial charge < -0.3 is 4.52 Å². The summed E-state index contributed by atoms with van der Waals surface area (Å²) in [5.74, 6) is 0.0945. The van der Waals surface area contributed by atoms with Gasteiger partial charge in [-0.2, -0.15) is 0 Å². The fourth-order valence-corrected chi connectivity index (χ4v) is 3.88. The zero-order valence-electron chi connectivity index (χ0n) is 10.1. The largest absolute Gasteiger partial charge is 0.432 e. The molecule has 0 spiro atoms. The summed E-state index contributed by atoms with van der Waals surface area (Å²) in [6.07, 6.45) is 0. The molecule has 0 N–H and O–H groups in total. The second kappa shape index (κ2) is 3.93. The highest BCUT2D eigenvalue weighted by Gasteiger charge is 2.35. The maximum Gasteiger partial charge on any atom is 0.312 e. The van der Waals surface area contributed by atoms with E-state index in [9.17, 15) is 14.7 Å². The van der Waals surface area contributed by atoms with Crippen molar-refractivity contribution in [2.24, 2.45) is 0 Å². The molecule has 1 unspecified atom stereocenters. The normalized spacial score (nSPS) is 20.1. The lowest BCUT2D eigenvalue weighted by Gasteiger charge is -2.25. The Kier molecular flexibility index (Phi) is 2.47. The molecule has 1 atom stereocenters. The Bertz CT molecular complexity index is 741. The molecule has 3 rings (SSSR count). The van der Waals surface area contributed by atoms with Crippen molar-refractivity contribution >= 4 is 18.4 Å². The van der Waals surface area contributed by atoms with Gasteiger partial charge in [0.05, 0.1) is 10.2 Å². The van der Waals surface area contributed by atoms with Crippen molar-refractivity contribution in [1.82, 2.24) is 0 Å². The number of benzene rings is 2. The number of rotatable bonds is 1. The van der Waals surface area contributed by atoms with Crippen molar-refractivity contribution in [2.45, 2.75) is 0 Å². The molecule has 6 heteroatoms. The first-order chi connectivity index (χ1) is 9.00. The molecule has 2 aromatic rings. The first kappa shape index (κ1) is 11.9. The third kappa shape index (κ3) is 1.74. The number of nitrogens with zero attached hydrogens (tertiary/aromatic N) is 1. The van der Waals surface area contributed by atoms with E-state index in [4.69, 9.17) is 4.52 Å². The summed E-state index contributed by atoms with van der Waals surface area (Å²) in [5.41, 5.74) is 1.19. The Balaban J connectivity index is 2.38. The molecule has 1 aliphatic rings. The van der Waals surface area contributed by atoms with Gasteiger partial charge in [0.25, 0.3) is 7.37 Å². The van der Waals surface area contributed by atoms with Crippen molar-refractivity contribution in [2.75, 3.05) is 6.66 Å². The molecule has 19 heavy (non-hydrogen) atoms.